The molecule has 4 heteroatoms. The molecule has 4 rings (SSSR count). The van der Waals surface area contributed by atoms with Gasteiger partial charge >= 0.3 is 5.63 Å². The van der Waals surface area contributed by atoms with Gasteiger partial charge in [0.05, 0.1) is 5.56 Å². The van der Waals surface area contributed by atoms with Gasteiger partial charge < -0.3 is 4.42 Å². The third kappa shape index (κ3) is 2.75. The summed E-state index contributed by atoms with van der Waals surface area (Å²) in [5.41, 5.74) is 0.954. The number of rotatable bonds is 3. The lowest BCUT2D eigenvalue weighted by Gasteiger charge is -1.99. The van der Waals surface area contributed by atoms with Gasteiger partial charge in [-0.25, -0.2) is 4.79 Å². The zero-order valence-electron chi connectivity index (χ0n) is 13.0. The number of fused-ring (bicyclic) bond motifs is 1. The van der Waals surface area contributed by atoms with Crippen LogP contribution in [-0.2, 0) is 0 Å². The molecule has 0 spiro atoms. The largest absolute Gasteiger partial charge is 0.422 e. The molecular weight excluding hydrogens is 336 g/mol. The minimum absolute atomic E-state index is 0.289. The second-order valence-electron chi connectivity index (χ2n) is 5.35. The molecule has 24 heavy (non-hydrogen) atoms. The van der Waals surface area contributed by atoms with Crippen molar-refractivity contribution in [2.24, 2.45) is 0 Å². The van der Waals surface area contributed by atoms with Gasteiger partial charge in [-0.05, 0) is 49.4 Å². The van der Waals surface area contributed by atoms with Crippen LogP contribution < -0.4 is 5.63 Å². The monoisotopic (exact) mass is 350 g/mol. The van der Waals surface area contributed by atoms with Gasteiger partial charge in [-0.2, -0.15) is 0 Å². The first-order valence-electron chi connectivity index (χ1n) is 7.60. The Hall–Kier alpha value is -2.43. The van der Waals surface area contributed by atoms with Crippen LogP contribution in [0.5, 0.6) is 0 Å². The third-order valence-corrected chi connectivity index (χ3v) is 6.08. The third-order valence-electron chi connectivity index (χ3n) is 3.71. The van der Waals surface area contributed by atoms with Crippen molar-refractivity contribution >= 4 is 39.7 Å². The molecule has 1 aromatic carbocycles. The maximum Gasteiger partial charge on any atom is 0.345 e. The second kappa shape index (κ2) is 6.23. The molecule has 0 N–H and O–H groups in total. The first-order chi connectivity index (χ1) is 11.7. The highest BCUT2D eigenvalue weighted by atomic mass is 32.1. The van der Waals surface area contributed by atoms with E-state index in [9.17, 15) is 4.79 Å². The molecule has 0 atom stereocenters. The summed E-state index contributed by atoms with van der Waals surface area (Å²) in [6.45, 7) is 2.02. The van der Waals surface area contributed by atoms with Crippen LogP contribution >= 0.6 is 22.7 Å². The predicted molar refractivity (Wildman–Crippen MR) is 104 cm³/mol. The van der Waals surface area contributed by atoms with Gasteiger partial charge in [-0.1, -0.05) is 24.3 Å². The average Bonchev–Trinajstić information content (AvgIpc) is 3.23. The normalized spacial score (nSPS) is 11.5. The zero-order chi connectivity index (χ0) is 16.5. The molecule has 4 aromatic rings. The van der Waals surface area contributed by atoms with E-state index in [1.165, 1.54) is 14.6 Å². The smallest absolute Gasteiger partial charge is 0.345 e. The van der Waals surface area contributed by atoms with Crippen LogP contribution in [-0.4, -0.2) is 0 Å². The fourth-order valence-electron chi connectivity index (χ4n) is 2.59. The van der Waals surface area contributed by atoms with E-state index in [4.69, 9.17) is 4.42 Å². The van der Waals surface area contributed by atoms with Crippen molar-refractivity contribution in [3.05, 3.63) is 76.0 Å². The fourth-order valence-corrected chi connectivity index (χ4v) is 4.67. The van der Waals surface area contributed by atoms with Crippen LogP contribution in [0, 0.1) is 0 Å². The predicted octanol–water partition coefficient (Wildman–Crippen LogP) is 6.28. The Morgan fingerprint density at radius 2 is 1.67 bits per heavy atom. The first kappa shape index (κ1) is 15.1. The standard InChI is InChI=1S/C20H14O2S2/c1-2-5-14-8-9-18(23-14)19-11-10-17(24-19)15-12-13-6-3-4-7-16(13)22-20(15)21/h2-12H,1H3. The minimum atomic E-state index is -0.289. The summed E-state index contributed by atoms with van der Waals surface area (Å²) in [5, 5.41) is 0.938. The Morgan fingerprint density at radius 3 is 2.54 bits per heavy atom. The van der Waals surface area contributed by atoms with Crippen molar-refractivity contribution in [1.29, 1.82) is 0 Å². The van der Waals surface area contributed by atoms with Gasteiger partial charge in [0.25, 0.3) is 0 Å². The van der Waals surface area contributed by atoms with Gasteiger partial charge in [-0.3, -0.25) is 0 Å². The molecule has 118 valence electrons. The second-order valence-corrected chi connectivity index (χ2v) is 7.55. The molecule has 0 saturated heterocycles. The Kier molecular flexibility index (Phi) is 3.92. The van der Waals surface area contributed by atoms with Crippen LogP contribution in [0.1, 0.15) is 11.8 Å². The number of hydrogen-bond acceptors (Lipinski definition) is 4. The lowest BCUT2D eigenvalue weighted by atomic mass is 10.1. The Balaban J connectivity index is 1.77. The number of allylic oxidation sites excluding steroid dienone is 1. The van der Waals surface area contributed by atoms with Crippen LogP contribution in [0.2, 0.25) is 0 Å². The van der Waals surface area contributed by atoms with Crippen LogP contribution in [0.25, 0.3) is 37.2 Å². The summed E-state index contributed by atoms with van der Waals surface area (Å²) in [6, 6.07) is 17.8. The molecule has 0 aliphatic heterocycles. The van der Waals surface area contributed by atoms with Crippen LogP contribution in [0.3, 0.4) is 0 Å². The van der Waals surface area contributed by atoms with Crippen molar-refractivity contribution in [3.63, 3.8) is 0 Å². The zero-order valence-corrected chi connectivity index (χ0v) is 14.6. The molecule has 2 nitrogen and oxygen atoms in total. The number of hydrogen-bond donors (Lipinski definition) is 0. The van der Waals surface area contributed by atoms with E-state index >= 15 is 0 Å². The summed E-state index contributed by atoms with van der Waals surface area (Å²) in [7, 11) is 0. The van der Waals surface area contributed by atoms with Gasteiger partial charge in [-0.15, -0.1) is 22.7 Å². The van der Waals surface area contributed by atoms with Gasteiger partial charge in [0.2, 0.25) is 0 Å². The number of para-hydroxylation sites is 1. The van der Waals surface area contributed by atoms with Crippen molar-refractivity contribution in [3.8, 4) is 20.2 Å². The maximum atomic E-state index is 12.3. The van der Waals surface area contributed by atoms with E-state index in [1.54, 1.807) is 22.7 Å². The molecule has 0 aliphatic carbocycles. The first-order valence-corrected chi connectivity index (χ1v) is 9.24. The molecule has 0 amide bonds. The van der Waals surface area contributed by atoms with Crippen molar-refractivity contribution in [2.75, 3.05) is 0 Å². The highest BCUT2D eigenvalue weighted by Crippen LogP contribution is 2.37. The molecular formula is C20H14O2S2. The topological polar surface area (TPSA) is 30.2 Å². The molecule has 0 aliphatic rings. The van der Waals surface area contributed by atoms with Crippen molar-refractivity contribution < 1.29 is 4.42 Å². The summed E-state index contributed by atoms with van der Waals surface area (Å²) in [4.78, 5) is 16.8. The van der Waals surface area contributed by atoms with E-state index in [0.717, 1.165) is 10.3 Å². The van der Waals surface area contributed by atoms with E-state index in [2.05, 4.69) is 24.3 Å². The molecule has 0 unspecified atom stereocenters. The molecule has 3 aromatic heterocycles. The summed E-state index contributed by atoms with van der Waals surface area (Å²) in [6.07, 6.45) is 4.14. The van der Waals surface area contributed by atoms with Crippen LogP contribution in [0.4, 0.5) is 0 Å². The SMILES string of the molecule is CC=Cc1ccc(-c2ccc(-c3cc4ccccc4oc3=O)s2)s1. The van der Waals surface area contributed by atoms with Crippen LogP contribution in [0.15, 0.2) is 69.9 Å². The molecule has 0 fully saturated rings. The van der Waals surface area contributed by atoms with Crippen molar-refractivity contribution in [1.82, 2.24) is 0 Å². The molecule has 0 bridgehead atoms. The van der Waals surface area contributed by atoms with Gasteiger partial charge in [0, 0.05) is 24.9 Å². The molecule has 3 heterocycles. The fraction of sp³-hybridized carbons (Fsp3) is 0.0500. The van der Waals surface area contributed by atoms with E-state index in [0.29, 0.717) is 11.1 Å². The highest BCUT2D eigenvalue weighted by molar-refractivity contribution is 7.24. The van der Waals surface area contributed by atoms with E-state index < -0.39 is 0 Å². The lowest BCUT2D eigenvalue weighted by Crippen LogP contribution is -2.01. The Bertz CT molecular complexity index is 1100. The maximum absolute atomic E-state index is 12.3. The number of thiophene rings is 2. The summed E-state index contributed by atoms with van der Waals surface area (Å²) >= 11 is 3.37. The van der Waals surface area contributed by atoms with Gasteiger partial charge in [0.15, 0.2) is 0 Å². The van der Waals surface area contributed by atoms with Gasteiger partial charge in [0.1, 0.15) is 5.58 Å². The molecule has 0 radical (unpaired) electrons. The highest BCUT2D eigenvalue weighted by Gasteiger charge is 2.12. The average molecular weight is 350 g/mol. The Labute approximate surface area is 147 Å². The van der Waals surface area contributed by atoms with E-state index in [-0.39, 0.29) is 5.63 Å². The number of benzene rings is 1. The summed E-state index contributed by atoms with van der Waals surface area (Å²) < 4.78 is 5.44. The minimum Gasteiger partial charge on any atom is -0.422 e. The lowest BCUT2D eigenvalue weighted by molar-refractivity contribution is 0.564. The Morgan fingerprint density at radius 1 is 0.917 bits per heavy atom. The molecule has 0 saturated carbocycles. The summed E-state index contributed by atoms with van der Waals surface area (Å²) in [5.74, 6) is 0. The quantitative estimate of drug-likeness (QED) is 0.407. The van der Waals surface area contributed by atoms with E-state index in [1.807, 2.05) is 49.4 Å². The van der Waals surface area contributed by atoms with Crippen molar-refractivity contribution in [2.45, 2.75) is 6.92 Å².